The molecule has 8 heteroatoms. The van der Waals surface area contributed by atoms with Crippen LogP contribution in [0.2, 0.25) is 0 Å². The van der Waals surface area contributed by atoms with Crippen molar-refractivity contribution in [3.8, 4) is 17.1 Å². The Kier molecular flexibility index (Phi) is 4.81. The number of imidazole rings is 1. The lowest BCUT2D eigenvalue weighted by Crippen LogP contribution is -2.29. The van der Waals surface area contributed by atoms with Gasteiger partial charge in [0.2, 0.25) is 0 Å². The minimum atomic E-state index is 0. The van der Waals surface area contributed by atoms with Crippen molar-refractivity contribution in [1.82, 2.24) is 19.4 Å². The number of halogens is 1. The van der Waals surface area contributed by atoms with Crippen molar-refractivity contribution in [2.24, 2.45) is 0 Å². The number of likely N-dealkylation sites (N-methyl/N-ethyl adjacent to an activating group) is 1. The van der Waals surface area contributed by atoms with Gasteiger partial charge in [-0.2, -0.15) is 0 Å². The fraction of sp³-hybridized carbons (Fsp3) is 0.167. The van der Waals surface area contributed by atoms with Gasteiger partial charge >= 0.3 is 6.03 Å². The van der Waals surface area contributed by atoms with Crippen LogP contribution < -0.4 is 10.6 Å². The molecule has 3 heterocycles. The number of carbonyl (C=O) groups is 1. The van der Waals surface area contributed by atoms with Crippen molar-refractivity contribution >= 4 is 29.9 Å². The van der Waals surface area contributed by atoms with Gasteiger partial charge in [0.05, 0.1) is 0 Å². The van der Waals surface area contributed by atoms with Gasteiger partial charge in [0.25, 0.3) is 0 Å². The van der Waals surface area contributed by atoms with Crippen LogP contribution in [-0.4, -0.2) is 45.6 Å². The monoisotopic (exact) mass is 370 g/mol. The van der Waals surface area contributed by atoms with Crippen LogP contribution in [0.25, 0.3) is 17.1 Å². The van der Waals surface area contributed by atoms with Crippen LogP contribution in [-0.2, 0) is 0 Å². The lowest BCUT2D eigenvalue weighted by molar-refractivity contribution is 0.229. The highest BCUT2D eigenvalue weighted by atomic mass is 35.5. The number of anilines is 2. The Morgan fingerprint density at radius 1 is 1.04 bits per heavy atom. The highest BCUT2D eigenvalue weighted by molar-refractivity contribution is 5.94. The van der Waals surface area contributed by atoms with Crippen molar-refractivity contribution in [1.29, 1.82) is 0 Å². The number of carbonyl (C=O) groups excluding carboxylic acids is 1. The second kappa shape index (κ2) is 7.05. The van der Waals surface area contributed by atoms with E-state index >= 15 is 0 Å². The molecule has 3 aromatic rings. The summed E-state index contributed by atoms with van der Waals surface area (Å²) in [5, 5.41) is 0. The molecule has 1 aliphatic heterocycles. The molecule has 0 bridgehead atoms. The predicted octanol–water partition coefficient (Wildman–Crippen LogP) is 2.81. The number of aromatic nitrogens is 3. The van der Waals surface area contributed by atoms with E-state index in [2.05, 4.69) is 9.97 Å². The van der Waals surface area contributed by atoms with Gasteiger partial charge in [-0.25, -0.2) is 14.8 Å². The number of urea groups is 1. The Balaban J connectivity index is 0.00000196. The summed E-state index contributed by atoms with van der Waals surface area (Å²) in [6, 6.07) is 11.6. The van der Waals surface area contributed by atoms with Crippen LogP contribution in [0.15, 0.2) is 55.0 Å². The van der Waals surface area contributed by atoms with E-state index in [1.165, 1.54) is 0 Å². The number of pyridine rings is 1. The van der Waals surface area contributed by atoms with Crippen LogP contribution in [0.5, 0.6) is 0 Å². The SMILES string of the molecule is CN1CCN(c2cccc(-n3ccnc3-c3ccnc(N)c3)c2)C1=O.Cl. The number of rotatable bonds is 3. The molecule has 1 fully saturated rings. The summed E-state index contributed by atoms with van der Waals surface area (Å²) in [7, 11) is 1.81. The van der Waals surface area contributed by atoms with Crippen LogP contribution >= 0.6 is 12.4 Å². The van der Waals surface area contributed by atoms with E-state index in [0.29, 0.717) is 12.4 Å². The molecule has 1 aromatic carbocycles. The number of hydrogen-bond donors (Lipinski definition) is 1. The van der Waals surface area contributed by atoms with Gasteiger partial charge in [0, 0.05) is 55.7 Å². The average Bonchev–Trinajstić information content (AvgIpc) is 3.23. The van der Waals surface area contributed by atoms with Crippen molar-refractivity contribution in [2.75, 3.05) is 30.8 Å². The Morgan fingerprint density at radius 3 is 2.58 bits per heavy atom. The fourth-order valence-corrected chi connectivity index (χ4v) is 3.01. The molecule has 0 aliphatic carbocycles. The molecule has 0 radical (unpaired) electrons. The summed E-state index contributed by atoms with van der Waals surface area (Å²) in [5.74, 6) is 1.22. The fourth-order valence-electron chi connectivity index (χ4n) is 3.01. The third-order valence-corrected chi connectivity index (χ3v) is 4.32. The maximum atomic E-state index is 12.2. The largest absolute Gasteiger partial charge is 0.384 e. The summed E-state index contributed by atoms with van der Waals surface area (Å²) in [5.41, 5.74) is 8.49. The van der Waals surface area contributed by atoms with E-state index in [4.69, 9.17) is 5.73 Å². The Labute approximate surface area is 157 Å². The Morgan fingerprint density at radius 2 is 1.85 bits per heavy atom. The highest BCUT2D eigenvalue weighted by Gasteiger charge is 2.26. The zero-order valence-corrected chi connectivity index (χ0v) is 15.1. The minimum absolute atomic E-state index is 0. The van der Waals surface area contributed by atoms with E-state index < -0.39 is 0 Å². The quantitative estimate of drug-likeness (QED) is 0.768. The van der Waals surface area contributed by atoms with Crippen LogP contribution in [0.1, 0.15) is 0 Å². The lowest BCUT2D eigenvalue weighted by atomic mass is 10.2. The molecule has 1 saturated heterocycles. The van der Waals surface area contributed by atoms with Crippen molar-refractivity contribution in [3.63, 3.8) is 0 Å². The second-order valence-electron chi connectivity index (χ2n) is 5.97. The molecule has 26 heavy (non-hydrogen) atoms. The first-order chi connectivity index (χ1) is 12.1. The number of hydrogen-bond acceptors (Lipinski definition) is 4. The Hall–Kier alpha value is -3.06. The van der Waals surface area contributed by atoms with Crippen LogP contribution in [0.4, 0.5) is 16.3 Å². The molecule has 0 spiro atoms. The first-order valence-corrected chi connectivity index (χ1v) is 8.02. The van der Waals surface area contributed by atoms with Gasteiger partial charge in [-0.1, -0.05) is 6.07 Å². The van der Waals surface area contributed by atoms with E-state index in [1.807, 2.05) is 48.1 Å². The zero-order chi connectivity index (χ0) is 17.4. The minimum Gasteiger partial charge on any atom is -0.384 e. The molecule has 7 nitrogen and oxygen atoms in total. The zero-order valence-electron chi connectivity index (χ0n) is 14.2. The summed E-state index contributed by atoms with van der Waals surface area (Å²) < 4.78 is 1.97. The molecular weight excluding hydrogens is 352 g/mol. The molecule has 134 valence electrons. The van der Waals surface area contributed by atoms with Gasteiger partial charge in [-0.05, 0) is 30.3 Å². The number of amides is 2. The first-order valence-electron chi connectivity index (χ1n) is 8.02. The van der Waals surface area contributed by atoms with E-state index in [0.717, 1.165) is 29.3 Å². The third kappa shape index (κ3) is 3.09. The van der Waals surface area contributed by atoms with Crippen molar-refractivity contribution in [3.05, 3.63) is 55.0 Å². The summed E-state index contributed by atoms with van der Waals surface area (Å²) >= 11 is 0. The Bertz CT molecular complexity index is 941. The predicted molar refractivity (Wildman–Crippen MR) is 104 cm³/mol. The molecular formula is C18H19ClN6O. The normalized spacial score (nSPS) is 13.8. The number of nitrogen functional groups attached to an aromatic ring is 1. The van der Waals surface area contributed by atoms with Crippen molar-refractivity contribution in [2.45, 2.75) is 0 Å². The average molecular weight is 371 g/mol. The van der Waals surface area contributed by atoms with Gasteiger partial charge in [0.15, 0.2) is 0 Å². The smallest absolute Gasteiger partial charge is 0.324 e. The highest BCUT2D eigenvalue weighted by Crippen LogP contribution is 2.26. The summed E-state index contributed by atoms with van der Waals surface area (Å²) in [6.45, 7) is 1.42. The second-order valence-corrected chi connectivity index (χ2v) is 5.97. The van der Waals surface area contributed by atoms with Gasteiger partial charge in [0.1, 0.15) is 11.6 Å². The van der Waals surface area contributed by atoms with E-state index in [-0.39, 0.29) is 18.4 Å². The van der Waals surface area contributed by atoms with Gasteiger partial charge in [-0.15, -0.1) is 12.4 Å². The number of nitrogens with two attached hydrogens (primary N) is 1. The first kappa shape index (κ1) is 17.8. The van der Waals surface area contributed by atoms with Crippen LogP contribution in [0.3, 0.4) is 0 Å². The lowest BCUT2D eigenvalue weighted by Gasteiger charge is -2.17. The van der Waals surface area contributed by atoms with Crippen molar-refractivity contribution < 1.29 is 4.79 Å². The van der Waals surface area contributed by atoms with E-state index in [9.17, 15) is 4.79 Å². The standard InChI is InChI=1S/C18H18N6O.ClH/c1-22-9-10-24(18(22)25)15-4-2-3-14(12-15)23-8-7-21-17(23)13-5-6-20-16(19)11-13;/h2-8,11-12H,9-10H2,1H3,(H2,19,20);1H. The molecule has 2 aromatic heterocycles. The van der Waals surface area contributed by atoms with Gasteiger partial charge < -0.3 is 10.6 Å². The van der Waals surface area contributed by atoms with Gasteiger partial charge in [-0.3, -0.25) is 9.47 Å². The number of benzene rings is 1. The molecule has 1 aliphatic rings. The number of nitrogens with zero attached hydrogens (tertiary/aromatic N) is 5. The summed E-state index contributed by atoms with van der Waals surface area (Å²) in [6.07, 6.45) is 5.30. The van der Waals surface area contributed by atoms with E-state index in [1.54, 1.807) is 28.3 Å². The maximum Gasteiger partial charge on any atom is 0.324 e. The molecule has 0 unspecified atom stereocenters. The van der Waals surface area contributed by atoms with Crippen LogP contribution in [0, 0.1) is 0 Å². The third-order valence-electron chi connectivity index (χ3n) is 4.32. The molecule has 0 saturated carbocycles. The summed E-state index contributed by atoms with van der Waals surface area (Å²) in [4.78, 5) is 24.2. The molecule has 4 rings (SSSR count). The topological polar surface area (TPSA) is 80.3 Å². The maximum absolute atomic E-state index is 12.2. The molecule has 2 N–H and O–H groups in total. The molecule has 0 atom stereocenters. The molecule has 2 amide bonds.